The number of rotatable bonds is 6. The fraction of sp³-hybridized carbons (Fsp3) is 0.692. The number of hydrogen-bond acceptors (Lipinski definition) is 4. The van der Waals surface area contributed by atoms with E-state index in [1.807, 2.05) is 16.9 Å². The summed E-state index contributed by atoms with van der Waals surface area (Å²) in [5, 5.41) is 6.03. The summed E-state index contributed by atoms with van der Waals surface area (Å²) in [6, 6.07) is 4.13. The Morgan fingerprint density at radius 3 is 2.72 bits per heavy atom. The molecule has 0 bridgehead atoms. The zero-order valence-electron chi connectivity index (χ0n) is 20.6. The zero-order chi connectivity index (χ0) is 22.9. The Labute approximate surface area is 194 Å². The molecule has 1 aromatic carbocycles. The van der Waals surface area contributed by atoms with Crippen LogP contribution >= 0.6 is 0 Å². The molecule has 2 heterocycles. The second kappa shape index (κ2) is 9.39. The highest BCUT2D eigenvalue weighted by Gasteiger charge is 2.37. The highest BCUT2D eigenvalue weighted by molar-refractivity contribution is 6.74. The van der Waals surface area contributed by atoms with Gasteiger partial charge in [0.25, 0.3) is 0 Å². The van der Waals surface area contributed by atoms with Crippen molar-refractivity contribution >= 4 is 25.0 Å². The van der Waals surface area contributed by atoms with E-state index in [0.717, 1.165) is 74.6 Å². The molecule has 5 nitrogen and oxygen atoms in total. The SMILES string of the molecule is CC(C)(C)[Si](C)(C)OCCCC1CCCc2c(ccc3c2cnn3C2CCCCO2)C1=O. The third-order valence-electron chi connectivity index (χ3n) is 7.90. The number of ketones is 1. The maximum Gasteiger partial charge on any atom is 0.191 e. The molecule has 6 heteroatoms. The molecule has 32 heavy (non-hydrogen) atoms. The Morgan fingerprint density at radius 2 is 2.00 bits per heavy atom. The molecule has 0 amide bonds. The summed E-state index contributed by atoms with van der Waals surface area (Å²) in [5.41, 5.74) is 3.20. The van der Waals surface area contributed by atoms with Crippen LogP contribution in [0.1, 0.15) is 87.9 Å². The van der Waals surface area contributed by atoms with E-state index in [1.54, 1.807) is 0 Å². The van der Waals surface area contributed by atoms with Gasteiger partial charge in [0, 0.05) is 30.1 Å². The van der Waals surface area contributed by atoms with E-state index in [9.17, 15) is 4.79 Å². The Hall–Kier alpha value is -1.50. The van der Waals surface area contributed by atoms with Gasteiger partial charge in [0.05, 0.1) is 11.7 Å². The van der Waals surface area contributed by atoms with Crippen molar-refractivity contribution in [3.63, 3.8) is 0 Å². The molecule has 176 valence electrons. The van der Waals surface area contributed by atoms with Crippen molar-refractivity contribution in [3.05, 3.63) is 29.5 Å². The predicted octanol–water partition coefficient (Wildman–Crippen LogP) is 6.67. The standard InChI is InChI=1S/C26H40N2O3Si/c1-26(2,3)32(4,5)31-17-9-11-19-10-8-12-20-21(25(19)29)14-15-23-22(20)18-27-28(23)24-13-6-7-16-30-24/h14-15,18-19,24H,6-13,16-17H2,1-5H3. The molecule has 0 spiro atoms. The molecule has 0 N–H and O–H groups in total. The number of nitrogens with zero attached hydrogens (tertiary/aromatic N) is 2. The average Bonchev–Trinajstić information content (AvgIpc) is 3.12. The van der Waals surface area contributed by atoms with Gasteiger partial charge in [0.15, 0.2) is 20.3 Å². The summed E-state index contributed by atoms with van der Waals surface area (Å²) < 4.78 is 14.3. The molecule has 1 aliphatic carbocycles. The van der Waals surface area contributed by atoms with Crippen LogP contribution in [0.4, 0.5) is 0 Å². The Morgan fingerprint density at radius 1 is 1.19 bits per heavy atom. The summed E-state index contributed by atoms with van der Waals surface area (Å²) in [7, 11) is -1.72. The van der Waals surface area contributed by atoms with Crippen LogP contribution in [0, 0.1) is 5.92 Å². The lowest BCUT2D eigenvalue weighted by molar-refractivity contribution is -0.0366. The maximum atomic E-state index is 13.5. The largest absolute Gasteiger partial charge is 0.417 e. The van der Waals surface area contributed by atoms with Crippen LogP contribution in [0.3, 0.4) is 0 Å². The number of carbonyl (C=O) groups excluding carboxylic acids is 1. The summed E-state index contributed by atoms with van der Waals surface area (Å²) in [6.07, 6.45) is 10.1. The van der Waals surface area contributed by atoms with Crippen molar-refractivity contribution < 1.29 is 14.0 Å². The van der Waals surface area contributed by atoms with E-state index in [4.69, 9.17) is 9.16 Å². The zero-order valence-corrected chi connectivity index (χ0v) is 21.6. The van der Waals surface area contributed by atoms with Gasteiger partial charge in [-0.3, -0.25) is 4.79 Å². The molecule has 4 rings (SSSR count). The molecule has 2 aliphatic rings. The van der Waals surface area contributed by atoms with Crippen molar-refractivity contribution in [3.8, 4) is 0 Å². The van der Waals surface area contributed by atoms with E-state index in [-0.39, 0.29) is 17.2 Å². The van der Waals surface area contributed by atoms with Gasteiger partial charge in [-0.25, -0.2) is 4.68 Å². The lowest BCUT2D eigenvalue weighted by Crippen LogP contribution is -2.41. The van der Waals surface area contributed by atoms with E-state index < -0.39 is 8.32 Å². The van der Waals surface area contributed by atoms with Crippen LogP contribution in [0.15, 0.2) is 18.3 Å². The fourth-order valence-corrected chi connectivity index (χ4v) is 5.94. The van der Waals surface area contributed by atoms with Gasteiger partial charge < -0.3 is 9.16 Å². The van der Waals surface area contributed by atoms with Gasteiger partial charge in [-0.05, 0) is 87.2 Å². The Kier molecular flexibility index (Phi) is 6.94. The molecular weight excluding hydrogens is 416 g/mol. The number of benzene rings is 1. The van der Waals surface area contributed by atoms with Crippen LogP contribution < -0.4 is 0 Å². The third-order valence-corrected chi connectivity index (χ3v) is 12.4. The second-order valence-electron chi connectivity index (χ2n) is 11.1. The number of carbonyl (C=O) groups is 1. The number of aryl methyl sites for hydroxylation is 1. The molecule has 2 aromatic rings. The second-order valence-corrected chi connectivity index (χ2v) is 15.9. The van der Waals surface area contributed by atoms with Crippen molar-refractivity contribution in [1.29, 1.82) is 0 Å². The topological polar surface area (TPSA) is 53.4 Å². The fourth-order valence-electron chi connectivity index (χ4n) is 4.85. The highest BCUT2D eigenvalue weighted by Crippen LogP contribution is 2.37. The van der Waals surface area contributed by atoms with Crippen molar-refractivity contribution in [1.82, 2.24) is 9.78 Å². The van der Waals surface area contributed by atoms with Crippen LogP contribution in [0.2, 0.25) is 18.1 Å². The van der Waals surface area contributed by atoms with E-state index >= 15 is 0 Å². The van der Waals surface area contributed by atoms with Gasteiger partial charge >= 0.3 is 0 Å². The molecule has 1 fully saturated rings. The van der Waals surface area contributed by atoms with Crippen LogP contribution in [-0.4, -0.2) is 37.1 Å². The van der Waals surface area contributed by atoms with Gasteiger partial charge in [0.2, 0.25) is 0 Å². The van der Waals surface area contributed by atoms with Crippen molar-refractivity contribution in [2.24, 2.45) is 5.92 Å². The van der Waals surface area contributed by atoms with Gasteiger partial charge in [-0.15, -0.1) is 0 Å². The lowest BCUT2D eigenvalue weighted by atomic mass is 9.90. The first-order valence-electron chi connectivity index (χ1n) is 12.5. The molecular formula is C26H40N2O3Si. The minimum absolute atomic E-state index is 0.0226. The molecule has 0 radical (unpaired) electrons. The van der Waals surface area contributed by atoms with E-state index in [0.29, 0.717) is 5.78 Å². The number of Topliss-reactive ketones (excluding diaryl/α,β-unsaturated/α-hetero) is 1. The minimum atomic E-state index is -1.72. The van der Waals surface area contributed by atoms with Crippen molar-refractivity contribution in [2.45, 2.75) is 96.5 Å². The summed E-state index contributed by atoms with van der Waals surface area (Å²) >= 11 is 0. The molecule has 2 unspecified atom stereocenters. The smallest absolute Gasteiger partial charge is 0.191 e. The highest BCUT2D eigenvalue weighted by atomic mass is 28.4. The number of ether oxygens (including phenoxy) is 1. The first-order chi connectivity index (χ1) is 15.2. The maximum absolute atomic E-state index is 13.5. The van der Waals surface area contributed by atoms with Crippen LogP contribution in [-0.2, 0) is 15.6 Å². The summed E-state index contributed by atoms with van der Waals surface area (Å²) in [6.45, 7) is 13.0. The van der Waals surface area contributed by atoms with Gasteiger partial charge in [0.1, 0.15) is 0 Å². The minimum Gasteiger partial charge on any atom is -0.417 e. The molecule has 2 atom stereocenters. The molecule has 0 saturated carbocycles. The normalized spacial score (nSPS) is 22.7. The summed E-state index contributed by atoms with van der Waals surface area (Å²) in [5.74, 6) is 0.418. The Bertz CT molecular complexity index is 954. The molecule has 1 saturated heterocycles. The average molecular weight is 457 g/mol. The van der Waals surface area contributed by atoms with Crippen molar-refractivity contribution in [2.75, 3.05) is 13.2 Å². The predicted molar refractivity (Wildman–Crippen MR) is 132 cm³/mol. The summed E-state index contributed by atoms with van der Waals surface area (Å²) in [4.78, 5) is 13.5. The number of fused-ring (bicyclic) bond motifs is 3. The van der Waals surface area contributed by atoms with Gasteiger partial charge in [-0.2, -0.15) is 5.10 Å². The number of hydrogen-bond donors (Lipinski definition) is 0. The van der Waals surface area contributed by atoms with E-state index in [1.165, 1.54) is 12.0 Å². The lowest BCUT2D eigenvalue weighted by Gasteiger charge is -2.36. The molecule has 1 aromatic heterocycles. The first kappa shape index (κ1) is 23.6. The Balaban J connectivity index is 1.46. The monoisotopic (exact) mass is 456 g/mol. The van der Waals surface area contributed by atoms with E-state index in [2.05, 4.69) is 45.0 Å². The third kappa shape index (κ3) is 4.73. The van der Waals surface area contributed by atoms with Crippen LogP contribution in [0.25, 0.3) is 10.9 Å². The quantitative estimate of drug-likeness (QED) is 0.277. The van der Waals surface area contributed by atoms with Gasteiger partial charge in [-0.1, -0.05) is 20.8 Å². The molecule has 1 aliphatic heterocycles. The first-order valence-corrected chi connectivity index (χ1v) is 15.4. The number of aromatic nitrogens is 2. The van der Waals surface area contributed by atoms with Crippen LogP contribution in [0.5, 0.6) is 0 Å².